The topological polar surface area (TPSA) is 32.8 Å². The van der Waals surface area contributed by atoms with Crippen molar-refractivity contribution >= 4 is 27.6 Å². The summed E-state index contributed by atoms with van der Waals surface area (Å²) in [5.74, 6) is 0.130. The van der Waals surface area contributed by atoms with Crippen LogP contribution < -0.4 is 4.90 Å². The number of piperazine rings is 1. The second kappa shape index (κ2) is 11.0. The molecule has 1 heterocycles. The molecule has 0 spiro atoms. The van der Waals surface area contributed by atoms with Gasteiger partial charge < -0.3 is 9.64 Å². The number of benzene rings is 2. The van der Waals surface area contributed by atoms with E-state index in [1.54, 1.807) is 0 Å². The number of halogens is 1. The summed E-state index contributed by atoms with van der Waals surface area (Å²) in [6, 6.07) is 19.6. The summed E-state index contributed by atoms with van der Waals surface area (Å²) in [5, 5.41) is 0. The van der Waals surface area contributed by atoms with E-state index in [9.17, 15) is 4.79 Å². The number of para-hydroxylation sites is 1. The van der Waals surface area contributed by atoms with Crippen molar-refractivity contribution in [2.45, 2.75) is 32.7 Å². The molecule has 0 amide bonds. The zero-order valence-electron chi connectivity index (χ0n) is 18.3. The van der Waals surface area contributed by atoms with Crippen LogP contribution in [0.5, 0.6) is 0 Å². The van der Waals surface area contributed by atoms with Crippen molar-refractivity contribution in [3.8, 4) is 0 Å². The van der Waals surface area contributed by atoms with E-state index in [2.05, 4.69) is 94.2 Å². The first-order chi connectivity index (χ1) is 14.5. The lowest BCUT2D eigenvalue weighted by Crippen LogP contribution is -2.47. The molecule has 2 aromatic carbocycles. The number of hydrogen-bond donors (Lipinski definition) is 0. The first-order valence-corrected chi connectivity index (χ1v) is 11.7. The third-order valence-corrected chi connectivity index (χ3v) is 6.72. The van der Waals surface area contributed by atoms with Crippen LogP contribution in [0.2, 0.25) is 0 Å². The molecule has 0 aromatic heterocycles. The van der Waals surface area contributed by atoms with Crippen LogP contribution in [0.25, 0.3) is 0 Å². The van der Waals surface area contributed by atoms with Crippen LogP contribution in [0.3, 0.4) is 0 Å². The number of methoxy groups -OCH3 is 1. The Bertz CT molecular complexity index is 787. The molecular formula is C25H33BrN2O2. The Morgan fingerprint density at radius 2 is 1.60 bits per heavy atom. The van der Waals surface area contributed by atoms with Gasteiger partial charge in [-0.2, -0.15) is 0 Å². The molecule has 4 nitrogen and oxygen atoms in total. The minimum atomic E-state index is -0.0894. The molecule has 2 unspecified atom stereocenters. The number of rotatable bonds is 8. The van der Waals surface area contributed by atoms with Gasteiger partial charge in [0.1, 0.15) is 0 Å². The highest BCUT2D eigenvalue weighted by Crippen LogP contribution is 2.32. The van der Waals surface area contributed by atoms with E-state index in [0.29, 0.717) is 6.04 Å². The van der Waals surface area contributed by atoms with Gasteiger partial charge in [-0.05, 0) is 48.6 Å². The van der Waals surface area contributed by atoms with Gasteiger partial charge in [-0.1, -0.05) is 60.1 Å². The Labute approximate surface area is 189 Å². The Hall–Kier alpha value is -1.85. The van der Waals surface area contributed by atoms with Gasteiger partial charge in [-0.15, -0.1) is 0 Å². The van der Waals surface area contributed by atoms with Gasteiger partial charge in [-0.25, -0.2) is 0 Å². The van der Waals surface area contributed by atoms with Crippen molar-refractivity contribution < 1.29 is 9.53 Å². The first kappa shape index (κ1) is 22.8. The maximum atomic E-state index is 12.3. The minimum absolute atomic E-state index is 0.0569. The molecule has 1 aliphatic rings. The molecule has 0 saturated carbocycles. The molecule has 1 fully saturated rings. The Morgan fingerprint density at radius 3 is 2.17 bits per heavy atom. The Kier molecular flexibility index (Phi) is 8.34. The van der Waals surface area contributed by atoms with Crippen LogP contribution in [-0.2, 0) is 9.53 Å². The van der Waals surface area contributed by atoms with Crippen molar-refractivity contribution in [3.63, 3.8) is 0 Å². The molecule has 5 heteroatoms. The first-order valence-electron chi connectivity index (χ1n) is 10.9. The zero-order valence-corrected chi connectivity index (χ0v) is 19.8. The number of carbonyl (C=O) groups is 1. The van der Waals surface area contributed by atoms with E-state index in [0.717, 1.165) is 43.5 Å². The van der Waals surface area contributed by atoms with E-state index in [4.69, 9.17) is 4.74 Å². The molecule has 1 aliphatic heterocycles. The molecule has 2 aromatic rings. The second-order valence-corrected chi connectivity index (χ2v) is 9.29. The van der Waals surface area contributed by atoms with Crippen molar-refractivity contribution in [1.29, 1.82) is 0 Å². The molecule has 2 atom stereocenters. The molecule has 0 aliphatic carbocycles. The molecule has 162 valence electrons. The normalized spacial score (nSPS) is 17.0. The largest absolute Gasteiger partial charge is 0.469 e. The summed E-state index contributed by atoms with van der Waals surface area (Å²) < 4.78 is 6.16. The standard InChI is InChI=1S/C25H33BrN2O2/c1-19(2)23(25(29)30-3)13-14-24(20-9-11-21(26)12-10-20)28-17-15-27(16-18-28)22-7-5-4-6-8-22/h4-12,19,23-24H,13-18H2,1-3H3. The van der Waals surface area contributed by atoms with Crippen LogP contribution in [0.15, 0.2) is 59.1 Å². The van der Waals surface area contributed by atoms with Crippen molar-refractivity contribution in [3.05, 3.63) is 64.6 Å². The molecule has 1 saturated heterocycles. The summed E-state index contributed by atoms with van der Waals surface area (Å²) in [6.07, 6.45) is 1.79. The predicted molar refractivity (Wildman–Crippen MR) is 127 cm³/mol. The minimum Gasteiger partial charge on any atom is -0.469 e. The molecule has 3 rings (SSSR count). The molecular weight excluding hydrogens is 440 g/mol. The fourth-order valence-electron chi connectivity index (χ4n) is 4.39. The summed E-state index contributed by atoms with van der Waals surface area (Å²) in [5.41, 5.74) is 2.61. The molecule has 0 N–H and O–H groups in total. The number of ether oxygens (including phenoxy) is 1. The van der Waals surface area contributed by atoms with E-state index < -0.39 is 0 Å². The van der Waals surface area contributed by atoms with Crippen LogP contribution in [-0.4, -0.2) is 44.2 Å². The predicted octanol–water partition coefficient (Wildman–Crippen LogP) is 5.54. The van der Waals surface area contributed by atoms with Gasteiger partial charge in [0.2, 0.25) is 0 Å². The van der Waals surface area contributed by atoms with E-state index in [-0.39, 0.29) is 17.8 Å². The highest BCUT2D eigenvalue weighted by atomic mass is 79.9. The van der Waals surface area contributed by atoms with Gasteiger partial charge in [0.15, 0.2) is 0 Å². The van der Waals surface area contributed by atoms with E-state index in [1.807, 2.05) is 0 Å². The summed E-state index contributed by atoms with van der Waals surface area (Å²) >= 11 is 3.55. The quantitative estimate of drug-likeness (QED) is 0.472. The number of nitrogens with zero attached hydrogens (tertiary/aromatic N) is 2. The average Bonchev–Trinajstić information content (AvgIpc) is 2.78. The number of esters is 1. The van der Waals surface area contributed by atoms with Crippen molar-refractivity contribution in [1.82, 2.24) is 4.90 Å². The maximum absolute atomic E-state index is 12.3. The number of carbonyl (C=O) groups excluding carboxylic acids is 1. The smallest absolute Gasteiger partial charge is 0.308 e. The lowest BCUT2D eigenvalue weighted by Gasteiger charge is -2.41. The van der Waals surface area contributed by atoms with E-state index in [1.165, 1.54) is 18.4 Å². The third-order valence-electron chi connectivity index (χ3n) is 6.19. The molecule has 0 radical (unpaired) electrons. The molecule has 30 heavy (non-hydrogen) atoms. The Morgan fingerprint density at radius 1 is 0.967 bits per heavy atom. The highest BCUT2D eigenvalue weighted by molar-refractivity contribution is 9.10. The third kappa shape index (κ3) is 5.86. The fraction of sp³-hybridized carbons (Fsp3) is 0.480. The van der Waals surface area contributed by atoms with E-state index >= 15 is 0 Å². The van der Waals surface area contributed by atoms with Crippen LogP contribution in [0.1, 0.15) is 38.3 Å². The average molecular weight is 473 g/mol. The molecule has 0 bridgehead atoms. The van der Waals surface area contributed by atoms with Gasteiger partial charge in [0.25, 0.3) is 0 Å². The van der Waals surface area contributed by atoms with Crippen molar-refractivity contribution in [2.75, 3.05) is 38.2 Å². The Balaban J connectivity index is 1.72. The van der Waals surface area contributed by atoms with Gasteiger partial charge in [-0.3, -0.25) is 9.69 Å². The number of anilines is 1. The van der Waals surface area contributed by atoms with Gasteiger partial charge in [0.05, 0.1) is 13.0 Å². The fourth-order valence-corrected chi connectivity index (χ4v) is 4.65. The van der Waals surface area contributed by atoms with Crippen LogP contribution in [0.4, 0.5) is 5.69 Å². The highest BCUT2D eigenvalue weighted by Gasteiger charge is 2.29. The van der Waals surface area contributed by atoms with Gasteiger partial charge >= 0.3 is 5.97 Å². The number of hydrogen-bond acceptors (Lipinski definition) is 4. The second-order valence-electron chi connectivity index (χ2n) is 8.38. The summed E-state index contributed by atoms with van der Waals surface area (Å²) in [4.78, 5) is 17.3. The van der Waals surface area contributed by atoms with Gasteiger partial charge in [0, 0.05) is 42.4 Å². The lowest BCUT2D eigenvalue weighted by molar-refractivity contribution is -0.147. The maximum Gasteiger partial charge on any atom is 0.308 e. The van der Waals surface area contributed by atoms with Crippen LogP contribution >= 0.6 is 15.9 Å². The lowest BCUT2D eigenvalue weighted by atomic mass is 9.87. The summed E-state index contributed by atoms with van der Waals surface area (Å²) in [6.45, 7) is 8.27. The van der Waals surface area contributed by atoms with Crippen LogP contribution in [0, 0.1) is 11.8 Å². The summed E-state index contributed by atoms with van der Waals surface area (Å²) in [7, 11) is 1.49. The monoisotopic (exact) mass is 472 g/mol. The van der Waals surface area contributed by atoms with Crippen molar-refractivity contribution in [2.24, 2.45) is 11.8 Å². The SMILES string of the molecule is COC(=O)C(CCC(c1ccc(Br)cc1)N1CCN(c2ccccc2)CC1)C(C)C. The zero-order chi connectivity index (χ0) is 21.5.